The average molecular weight is 255 g/mol. The van der Waals surface area contributed by atoms with E-state index in [9.17, 15) is 4.79 Å². The first-order chi connectivity index (χ1) is 8.56. The van der Waals surface area contributed by atoms with Crippen molar-refractivity contribution in [3.05, 3.63) is 17.5 Å². The van der Waals surface area contributed by atoms with Crippen LogP contribution in [0.1, 0.15) is 36.4 Å². The predicted molar refractivity (Wildman–Crippen MR) is 67.6 cm³/mol. The highest BCUT2D eigenvalue weighted by molar-refractivity contribution is 5.88. The Morgan fingerprint density at radius 2 is 2.39 bits per heavy atom. The van der Waals surface area contributed by atoms with Crippen LogP contribution in [-0.4, -0.2) is 47.3 Å². The quantitative estimate of drug-likeness (QED) is 0.679. The van der Waals surface area contributed by atoms with Gasteiger partial charge in [-0.25, -0.2) is 4.79 Å². The first-order valence-corrected chi connectivity index (χ1v) is 6.14. The minimum atomic E-state index is -1.01. The molecule has 0 aromatic carbocycles. The zero-order valence-electron chi connectivity index (χ0n) is 11.1. The second-order valence-corrected chi connectivity index (χ2v) is 4.38. The van der Waals surface area contributed by atoms with Gasteiger partial charge >= 0.3 is 5.97 Å². The average Bonchev–Trinajstić information content (AvgIpc) is 2.81. The van der Waals surface area contributed by atoms with Gasteiger partial charge in [0, 0.05) is 19.1 Å². The first-order valence-electron chi connectivity index (χ1n) is 6.14. The monoisotopic (exact) mass is 255 g/mol. The maximum absolute atomic E-state index is 10.8. The van der Waals surface area contributed by atoms with E-state index in [-0.39, 0.29) is 5.56 Å². The zero-order chi connectivity index (χ0) is 13.5. The summed E-state index contributed by atoms with van der Waals surface area (Å²) in [6, 6.07) is 0.548. The summed E-state index contributed by atoms with van der Waals surface area (Å²) >= 11 is 0. The fourth-order valence-electron chi connectivity index (χ4n) is 1.56. The smallest absolute Gasteiger partial charge is 0.341 e. The normalized spacial score (nSPS) is 12.9. The molecule has 0 spiro atoms. The molecule has 6 nitrogen and oxygen atoms in total. The number of hydrogen-bond acceptors (Lipinski definition) is 5. The molecule has 0 fully saturated rings. The molecule has 0 aliphatic rings. The van der Waals surface area contributed by atoms with Gasteiger partial charge in [-0.05, 0) is 20.4 Å². The second kappa shape index (κ2) is 7.13. The molecule has 1 aromatic rings. The number of nitrogens with one attached hydrogen (secondary N) is 1. The lowest BCUT2D eigenvalue weighted by molar-refractivity contribution is 0.0694. The van der Waals surface area contributed by atoms with Gasteiger partial charge < -0.3 is 19.8 Å². The van der Waals surface area contributed by atoms with Crippen LogP contribution in [0.2, 0.25) is 0 Å². The van der Waals surface area contributed by atoms with Crippen LogP contribution >= 0.6 is 0 Å². The van der Waals surface area contributed by atoms with Gasteiger partial charge in [-0.15, -0.1) is 0 Å². The first kappa shape index (κ1) is 14.7. The Hall–Kier alpha value is -1.40. The van der Waals surface area contributed by atoms with Crippen LogP contribution in [0.5, 0.6) is 0 Å². The highest BCUT2D eigenvalue weighted by Gasteiger charge is 2.14. The van der Waals surface area contributed by atoms with Crippen LogP contribution < -0.4 is 5.32 Å². The molecule has 1 aromatic heterocycles. The molecule has 0 aliphatic carbocycles. The highest BCUT2D eigenvalue weighted by atomic mass is 16.5. The molecule has 1 heterocycles. The number of rotatable bonds is 8. The van der Waals surface area contributed by atoms with E-state index in [0.717, 1.165) is 19.5 Å². The minimum absolute atomic E-state index is 0.123. The van der Waals surface area contributed by atoms with Gasteiger partial charge in [0.25, 0.3) is 0 Å². The molecule has 1 rings (SSSR count). The second-order valence-electron chi connectivity index (χ2n) is 4.38. The van der Waals surface area contributed by atoms with E-state index in [4.69, 9.17) is 9.63 Å². The molecule has 0 aliphatic heterocycles. The summed E-state index contributed by atoms with van der Waals surface area (Å²) < 4.78 is 4.89. The van der Waals surface area contributed by atoms with Crippen molar-refractivity contribution >= 4 is 5.97 Å². The third kappa shape index (κ3) is 4.12. The maximum Gasteiger partial charge on any atom is 0.341 e. The van der Waals surface area contributed by atoms with Crippen molar-refractivity contribution in [3.8, 4) is 0 Å². The fraction of sp³-hybridized carbons (Fsp3) is 0.667. The van der Waals surface area contributed by atoms with Gasteiger partial charge in [-0.3, -0.25) is 0 Å². The summed E-state index contributed by atoms with van der Waals surface area (Å²) in [7, 11) is 2.08. The number of aromatic carboxylic acids is 1. The summed E-state index contributed by atoms with van der Waals surface area (Å²) in [6.07, 6.45) is 2.34. The summed E-state index contributed by atoms with van der Waals surface area (Å²) in [5.74, 6) is -0.640. The van der Waals surface area contributed by atoms with Crippen LogP contribution in [0.4, 0.5) is 0 Å². The van der Waals surface area contributed by atoms with Crippen LogP contribution in [0.15, 0.2) is 10.7 Å². The molecule has 102 valence electrons. The highest BCUT2D eigenvalue weighted by Crippen LogP contribution is 2.07. The Balaban J connectivity index is 2.30. The lowest BCUT2D eigenvalue weighted by Crippen LogP contribution is -2.34. The van der Waals surface area contributed by atoms with Crippen LogP contribution in [0.25, 0.3) is 0 Å². The molecule has 2 N–H and O–H groups in total. The largest absolute Gasteiger partial charge is 0.478 e. The fourth-order valence-corrected chi connectivity index (χ4v) is 1.56. The van der Waals surface area contributed by atoms with Crippen molar-refractivity contribution in [1.29, 1.82) is 0 Å². The minimum Gasteiger partial charge on any atom is -0.478 e. The molecule has 18 heavy (non-hydrogen) atoms. The van der Waals surface area contributed by atoms with Crippen LogP contribution in [0, 0.1) is 0 Å². The topological polar surface area (TPSA) is 78.6 Å². The Bertz CT molecular complexity index is 378. The van der Waals surface area contributed by atoms with Crippen molar-refractivity contribution in [1.82, 2.24) is 15.4 Å². The van der Waals surface area contributed by atoms with Crippen molar-refractivity contribution < 1.29 is 14.4 Å². The number of hydrogen-bond donors (Lipinski definition) is 2. The SMILES string of the molecule is CCC(C)N(C)CCNCc1oncc1C(=O)O. The van der Waals surface area contributed by atoms with Crippen molar-refractivity contribution in [2.24, 2.45) is 0 Å². The van der Waals surface area contributed by atoms with Gasteiger partial charge in [0.1, 0.15) is 5.56 Å². The lowest BCUT2D eigenvalue weighted by Gasteiger charge is -2.23. The van der Waals surface area contributed by atoms with E-state index in [1.807, 2.05) is 0 Å². The van der Waals surface area contributed by atoms with Crippen molar-refractivity contribution in [3.63, 3.8) is 0 Å². The van der Waals surface area contributed by atoms with Gasteiger partial charge in [0.15, 0.2) is 5.76 Å². The Morgan fingerprint density at radius 1 is 1.67 bits per heavy atom. The van der Waals surface area contributed by atoms with Crippen molar-refractivity contribution in [2.75, 3.05) is 20.1 Å². The number of aromatic nitrogens is 1. The lowest BCUT2D eigenvalue weighted by atomic mass is 10.2. The molecule has 6 heteroatoms. The molecule has 0 saturated carbocycles. The number of nitrogens with zero attached hydrogens (tertiary/aromatic N) is 2. The van der Waals surface area contributed by atoms with E-state index in [2.05, 4.69) is 36.3 Å². The molecule has 0 radical (unpaired) electrons. The van der Waals surface area contributed by atoms with Gasteiger partial charge in [0.2, 0.25) is 0 Å². The standard InChI is InChI=1S/C12H21N3O3/c1-4-9(2)15(3)6-5-13-8-11-10(12(16)17)7-14-18-11/h7,9,13H,4-6,8H2,1-3H3,(H,16,17). The molecule has 1 unspecified atom stereocenters. The summed E-state index contributed by atoms with van der Waals surface area (Å²) in [4.78, 5) is 13.1. The third-order valence-electron chi connectivity index (χ3n) is 3.15. The Morgan fingerprint density at radius 3 is 3.00 bits per heavy atom. The zero-order valence-corrected chi connectivity index (χ0v) is 11.1. The number of carbonyl (C=O) groups is 1. The number of carboxylic acid groups (broad SMARTS) is 1. The Kier molecular flexibility index (Phi) is 5.80. The van der Waals surface area contributed by atoms with E-state index in [0.29, 0.717) is 18.3 Å². The van der Waals surface area contributed by atoms with Gasteiger partial charge in [-0.2, -0.15) is 0 Å². The van der Waals surface area contributed by atoms with Crippen molar-refractivity contribution in [2.45, 2.75) is 32.9 Å². The molecular formula is C12H21N3O3. The summed E-state index contributed by atoms with van der Waals surface area (Å²) in [5.41, 5.74) is 0.123. The van der Waals surface area contributed by atoms with Crippen LogP contribution in [-0.2, 0) is 6.54 Å². The molecule has 0 saturated heterocycles. The summed E-state index contributed by atoms with van der Waals surface area (Å²) in [6.45, 7) is 6.41. The van der Waals surface area contributed by atoms with E-state index < -0.39 is 5.97 Å². The molecular weight excluding hydrogens is 234 g/mol. The van der Waals surface area contributed by atoms with E-state index in [1.165, 1.54) is 6.20 Å². The molecule has 0 bridgehead atoms. The van der Waals surface area contributed by atoms with Gasteiger partial charge in [0.05, 0.1) is 12.7 Å². The Labute approximate surface area is 107 Å². The summed E-state index contributed by atoms with van der Waals surface area (Å²) in [5, 5.41) is 15.5. The predicted octanol–water partition coefficient (Wildman–Crippen LogP) is 1.19. The number of likely N-dealkylation sites (N-methyl/N-ethyl adjacent to an activating group) is 1. The van der Waals surface area contributed by atoms with E-state index in [1.54, 1.807) is 0 Å². The number of carboxylic acids is 1. The maximum atomic E-state index is 10.8. The molecule has 0 amide bonds. The van der Waals surface area contributed by atoms with Crippen LogP contribution in [0.3, 0.4) is 0 Å². The van der Waals surface area contributed by atoms with Gasteiger partial charge in [-0.1, -0.05) is 12.1 Å². The van der Waals surface area contributed by atoms with E-state index >= 15 is 0 Å². The molecule has 1 atom stereocenters. The third-order valence-corrected chi connectivity index (χ3v) is 3.15.